The molecule has 0 fully saturated rings. The van der Waals surface area contributed by atoms with Crippen molar-refractivity contribution in [1.82, 2.24) is 10.3 Å². The topological polar surface area (TPSA) is 24.9 Å². The molecular formula is C12H16N2S2. The molecule has 1 N–H and O–H groups in total. The Morgan fingerprint density at radius 3 is 2.69 bits per heavy atom. The van der Waals surface area contributed by atoms with E-state index in [0.29, 0.717) is 0 Å². The molecule has 1 unspecified atom stereocenters. The molecule has 0 amide bonds. The van der Waals surface area contributed by atoms with E-state index < -0.39 is 0 Å². The molecule has 0 bridgehead atoms. The van der Waals surface area contributed by atoms with E-state index in [9.17, 15) is 0 Å². The molecule has 2 nitrogen and oxygen atoms in total. The Kier molecular flexibility index (Phi) is 3.74. The van der Waals surface area contributed by atoms with E-state index in [0.717, 1.165) is 12.2 Å². The largest absolute Gasteiger partial charge is 0.304 e. The first-order chi connectivity index (χ1) is 7.70. The van der Waals surface area contributed by atoms with Crippen LogP contribution in [0.15, 0.2) is 17.5 Å². The zero-order valence-electron chi connectivity index (χ0n) is 9.78. The fourth-order valence-electron chi connectivity index (χ4n) is 1.63. The molecular weight excluding hydrogens is 236 g/mol. The maximum Gasteiger partial charge on any atom is 0.115 e. The second-order valence-electron chi connectivity index (χ2n) is 3.77. The number of thiazole rings is 1. The number of hydrogen-bond acceptors (Lipinski definition) is 4. The zero-order valence-corrected chi connectivity index (χ0v) is 11.4. The minimum absolute atomic E-state index is 0.266. The Hall–Kier alpha value is -0.710. The molecule has 0 saturated heterocycles. The highest BCUT2D eigenvalue weighted by Gasteiger charge is 2.17. The Balaban J connectivity index is 2.30. The quantitative estimate of drug-likeness (QED) is 0.900. The summed E-state index contributed by atoms with van der Waals surface area (Å²) in [6, 6.07) is 4.64. The van der Waals surface area contributed by atoms with Gasteiger partial charge in [-0.3, -0.25) is 0 Å². The van der Waals surface area contributed by atoms with Crippen molar-refractivity contribution in [2.75, 3.05) is 6.54 Å². The van der Waals surface area contributed by atoms with Gasteiger partial charge in [-0.05, 0) is 32.5 Å². The van der Waals surface area contributed by atoms with Gasteiger partial charge in [-0.15, -0.1) is 22.7 Å². The molecule has 2 aromatic heterocycles. The van der Waals surface area contributed by atoms with Crippen molar-refractivity contribution >= 4 is 22.7 Å². The van der Waals surface area contributed by atoms with Gasteiger partial charge in [-0.25, -0.2) is 4.98 Å². The standard InChI is InChI=1S/C12H16N2S2/c1-4-13-11(10-6-5-9(3)16-10)12-14-8(2)7-15-12/h5-7,11,13H,4H2,1-3H3. The lowest BCUT2D eigenvalue weighted by Gasteiger charge is -2.13. The van der Waals surface area contributed by atoms with Gasteiger partial charge in [0.25, 0.3) is 0 Å². The Bertz CT molecular complexity index is 419. The molecule has 1 atom stereocenters. The van der Waals surface area contributed by atoms with Crippen molar-refractivity contribution in [1.29, 1.82) is 0 Å². The Morgan fingerprint density at radius 1 is 1.38 bits per heavy atom. The first kappa shape index (κ1) is 11.8. The fourth-order valence-corrected chi connectivity index (χ4v) is 3.55. The SMILES string of the molecule is CCNC(c1ccc(C)s1)c1nc(C)cs1. The van der Waals surface area contributed by atoms with Gasteiger partial charge in [-0.2, -0.15) is 0 Å². The number of thiophene rings is 1. The van der Waals surface area contributed by atoms with Crippen LogP contribution in [0, 0.1) is 13.8 Å². The van der Waals surface area contributed by atoms with Crippen LogP contribution in [0.5, 0.6) is 0 Å². The van der Waals surface area contributed by atoms with Gasteiger partial charge in [0.1, 0.15) is 5.01 Å². The van der Waals surface area contributed by atoms with E-state index in [-0.39, 0.29) is 6.04 Å². The highest BCUT2D eigenvalue weighted by molar-refractivity contribution is 7.12. The maximum absolute atomic E-state index is 4.58. The summed E-state index contributed by atoms with van der Waals surface area (Å²) < 4.78 is 0. The smallest absolute Gasteiger partial charge is 0.115 e. The predicted molar refractivity (Wildman–Crippen MR) is 71.4 cm³/mol. The third-order valence-corrected chi connectivity index (χ3v) is 4.43. The predicted octanol–water partition coefficient (Wildman–Crippen LogP) is 3.52. The second-order valence-corrected chi connectivity index (χ2v) is 5.98. The van der Waals surface area contributed by atoms with Crippen LogP contribution in [0.4, 0.5) is 0 Å². The third kappa shape index (κ3) is 2.51. The summed E-state index contributed by atoms with van der Waals surface area (Å²) in [5, 5.41) is 6.78. The summed E-state index contributed by atoms with van der Waals surface area (Å²) in [5.41, 5.74) is 1.11. The average Bonchev–Trinajstić information content (AvgIpc) is 2.84. The monoisotopic (exact) mass is 252 g/mol. The van der Waals surface area contributed by atoms with Crippen molar-refractivity contribution in [3.05, 3.63) is 38.0 Å². The average molecular weight is 252 g/mol. The summed E-state index contributed by atoms with van der Waals surface area (Å²) in [5.74, 6) is 0. The number of aromatic nitrogens is 1. The normalized spacial score (nSPS) is 12.9. The zero-order chi connectivity index (χ0) is 11.5. The maximum atomic E-state index is 4.58. The molecule has 16 heavy (non-hydrogen) atoms. The van der Waals surface area contributed by atoms with Crippen LogP contribution in [0.1, 0.15) is 33.4 Å². The minimum Gasteiger partial charge on any atom is -0.304 e. The van der Waals surface area contributed by atoms with E-state index in [4.69, 9.17) is 0 Å². The number of nitrogens with one attached hydrogen (secondary N) is 1. The lowest BCUT2D eigenvalue weighted by atomic mass is 10.2. The molecule has 4 heteroatoms. The molecule has 2 aromatic rings. The van der Waals surface area contributed by atoms with Crippen molar-refractivity contribution in [2.24, 2.45) is 0 Å². The molecule has 86 valence electrons. The van der Waals surface area contributed by atoms with Gasteiger partial charge in [0.05, 0.1) is 6.04 Å². The summed E-state index contributed by atoms with van der Waals surface area (Å²) in [7, 11) is 0. The number of hydrogen-bond donors (Lipinski definition) is 1. The molecule has 2 heterocycles. The first-order valence-corrected chi connectivity index (χ1v) is 7.12. The van der Waals surface area contributed by atoms with Gasteiger partial charge < -0.3 is 5.32 Å². The van der Waals surface area contributed by atoms with Gasteiger partial charge in [0.2, 0.25) is 0 Å². The lowest BCUT2D eigenvalue weighted by Crippen LogP contribution is -2.20. The lowest BCUT2D eigenvalue weighted by molar-refractivity contribution is 0.635. The summed E-state index contributed by atoms with van der Waals surface area (Å²) in [6.07, 6.45) is 0. The van der Waals surface area contributed by atoms with Crippen LogP contribution in [0.3, 0.4) is 0 Å². The van der Waals surface area contributed by atoms with Gasteiger partial charge >= 0.3 is 0 Å². The van der Waals surface area contributed by atoms with Gasteiger partial charge in [-0.1, -0.05) is 6.92 Å². The van der Waals surface area contributed by atoms with Crippen molar-refractivity contribution < 1.29 is 0 Å². The van der Waals surface area contributed by atoms with Gasteiger partial charge in [0, 0.05) is 20.8 Å². The van der Waals surface area contributed by atoms with E-state index in [2.05, 4.69) is 41.7 Å². The van der Waals surface area contributed by atoms with Crippen molar-refractivity contribution in [3.63, 3.8) is 0 Å². The van der Waals surface area contributed by atoms with E-state index in [1.165, 1.54) is 14.8 Å². The third-order valence-electron chi connectivity index (χ3n) is 2.34. The van der Waals surface area contributed by atoms with Crippen LogP contribution in [0.25, 0.3) is 0 Å². The second kappa shape index (κ2) is 5.08. The van der Waals surface area contributed by atoms with Gasteiger partial charge in [0.15, 0.2) is 0 Å². The highest BCUT2D eigenvalue weighted by atomic mass is 32.1. The number of rotatable bonds is 4. The molecule has 0 aliphatic carbocycles. The molecule has 0 aromatic carbocycles. The highest BCUT2D eigenvalue weighted by Crippen LogP contribution is 2.29. The number of nitrogens with zero attached hydrogens (tertiary/aromatic N) is 1. The van der Waals surface area contributed by atoms with Crippen LogP contribution < -0.4 is 5.32 Å². The van der Waals surface area contributed by atoms with Crippen LogP contribution >= 0.6 is 22.7 Å². The van der Waals surface area contributed by atoms with Crippen molar-refractivity contribution in [2.45, 2.75) is 26.8 Å². The molecule has 0 aliphatic rings. The van der Waals surface area contributed by atoms with E-state index >= 15 is 0 Å². The first-order valence-electron chi connectivity index (χ1n) is 5.42. The molecule has 0 radical (unpaired) electrons. The molecule has 0 spiro atoms. The van der Waals surface area contributed by atoms with E-state index in [1.54, 1.807) is 11.3 Å². The van der Waals surface area contributed by atoms with Crippen LogP contribution in [-0.4, -0.2) is 11.5 Å². The van der Waals surface area contributed by atoms with Crippen LogP contribution in [-0.2, 0) is 0 Å². The summed E-state index contributed by atoms with van der Waals surface area (Å²) >= 11 is 3.58. The van der Waals surface area contributed by atoms with Crippen LogP contribution in [0.2, 0.25) is 0 Å². The molecule has 0 aliphatic heterocycles. The Labute approximate surface area is 104 Å². The fraction of sp³-hybridized carbons (Fsp3) is 0.417. The minimum atomic E-state index is 0.266. The Morgan fingerprint density at radius 2 is 2.19 bits per heavy atom. The summed E-state index contributed by atoms with van der Waals surface area (Å²) in [4.78, 5) is 7.29. The van der Waals surface area contributed by atoms with E-state index in [1.807, 2.05) is 18.3 Å². The molecule has 2 rings (SSSR count). The number of aryl methyl sites for hydroxylation is 2. The van der Waals surface area contributed by atoms with Crippen molar-refractivity contribution in [3.8, 4) is 0 Å². The molecule has 0 saturated carbocycles. The summed E-state index contributed by atoms with van der Waals surface area (Å²) in [6.45, 7) is 7.28.